The molecule has 0 aromatic heterocycles. The topological polar surface area (TPSA) is 23.6 Å². The van der Waals surface area contributed by atoms with Crippen molar-refractivity contribution in [3.05, 3.63) is 35.4 Å². The van der Waals surface area contributed by atoms with Gasteiger partial charge in [-0.3, -0.25) is 4.79 Å². The highest BCUT2D eigenvalue weighted by Gasteiger charge is 2.28. The maximum atomic E-state index is 13.2. The number of rotatable bonds is 3. The third kappa shape index (κ3) is 5.16. The lowest BCUT2D eigenvalue weighted by molar-refractivity contribution is -0.137. The van der Waals surface area contributed by atoms with Gasteiger partial charge in [-0.25, -0.2) is 8.78 Å². The number of hydrogen-bond donors (Lipinski definition) is 0. The summed E-state index contributed by atoms with van der Waals surface area (Å²) in [4.78, 5) is 15.4. The summed E-state index contributed by atoms with van der Waals surface area (Å²) in [6.07, 6.45) is -4.55. The second-order valence-electron chi connectivity index (χ2n) is 5.48. The van der Waals surface area contributed by atoms with Gasteiger partial charge in [0.15, 0.2) is 11.6 Å². The smallest absolute Gasteiger partial charge is 0.337 e. The van der Waals surface area contributed by atoms with E-state index in [4.69, 9.17) is 0 Å². The fourth-order valence-corrected chi connectivity index (χ4v) is 2.49. The van der Waals surface area contributed by atoms with Crippen LogP contribution in [0.2, 0.25) is 0 Å². The second-order valence-corrected chi connectivity index (χ2v) is 5.48. The molecule has 1 aliphatic rings. The number of halogens is 5. The first-order valence-electron chi connectivity index (χ1n) is 7.30. The number of carbonyl (C=O) groups excluding carboxylic acids is 1. The standard InChI is InChI=1S/C15H17F5N2O/c16-12-3-2-11(10-13(12)17)14(23)22-6-1-5-21(8-9-22)7-4-15(18,19)20/h2-3,10H,1,4-9H2. The molecule has 0 N–H and O–H groups in total. The zero-order valence-corrected chi connectivity index (χ0v) is 12.4. The Balaban J connectivity index is 1.94. The predicted octanol–water partition coefficient (Wildman–Crippen LogP) is 3.07. The van der Waals surface area contributed by atoms with Crippen LogP contribution in [0.15, 0.2) is 18.2 Å². The highest BCUT2D eigenvalue weighted by molar-refractivity contribution is 5.94. The molecule has 0 radical (unpaired) electrons. The normalized spacial score (nSPS) is 17.2. The summed E-state index contributed by atoms with van der Waals surface area (Å²) in [6, 6.07) is 2.92. The zero-order valence-electron chi connectivity index (χ0n) is 12.4. The van der Waals surface area contributed by atoms with E-state index in [0.29, 0.717) is 26.1 Å². The Labute approximate surface area is 130 Å². The highest BCUT2D eigenvalue weighted by atomic mass is 19.4. The molecule has 1 aromatic carbocycles. The lowest BCUT2D eigenvalue weighted by Gasteiger charge is -2.22. The van der Waals surface area contributed by atoms with Gasteiger partial charge in [-0.05, 0) is 31.2 Å². The Bertz CT molecular complexity index is 561. The Morgan fingerprint density at radius 1 is 1.04 bits per heavy atom. The molecule has 23 heavy (non-hydrogen) atoms. The average Bonchev–Trinajstić information content (AvgIpc) is 2.72. The first kappa shape index (κ1) is 17.7. The molecular weight excluding hydrogens is 319 g/mol. The molecule has 1 aliphatic heterocycles. The third-order valence-electron chi connectivity index (χ3n) is 3.75. The summed E-state index contributed by atoms with van der Waals surface area (Å²) in [5, 5.41) is 0. The summed E-state index contributed by atoms with van der Waals surface area (Å²) in [7, 11) is 0. The minimum Gasteiger partial charge on any atom is -0.337 e. The van der Waals surface area contributed by atoms with Crippen molar-refractivity contribution in [2.24, 2.45) is 0 Å². The monoisotopic (exact) mass is 336 g/mol. The molecule has 128 valence electrons. The van der Waals surface area contributed by atoms with Crippen LogP contribution in [0.3, 0.4) is 0 Å². The Morgan fingerprint density at radius 3 is 2.43 bits per heavy atom. The average molecular weight is 336 g/mol. The minimum atomic E-state index is -4.20. The highest BCUT2D eigenvalue weighted by Crippen LogP contribution is 2.20. The van der Waals surface area contributed by atoms with Crippen molar-refractivity contribution in [3.63, 3.8) is 0 Å². The fourth-order valence-electron chi connectivity index (χ4n) is 2.49. The van der Waals surface area contributed by atoms with E-state index >= 15 is 0 Å². The van der Waals surface area contributed by atoms with Crippen LogP contribution in [-0.4, -0.2) is 54.6 Å². The van der Waals surface area contributed by atoms with Crippen molar-refractivity contribution in [1.82, 2.24) is 9.80 Å². The van der Waals surface area contributed by atoms with Crippen molar-refractivity contribution in [1.29, 1.82) is 0 Å². The van der Waals surface area contributed by atoms with Gasteiger partial charge in [-0.2, -0.15) is 13.2 Å². The molecular formula is C15H17F5N2O. The molecule has 0 aliphatic carbocycles. The molecule has 0 bridgehead atoms. The third-order valence-corrected chi connectivity index (χ3v) is 3.75. The molecule has 0 saturated carbocycles. The summed E-state index contributed by atoms with van der Waals surface area (Å²) in [5.41, 5.74) is 0.0349. The molecule has 8 heteroatoms. The van der Waals surface area contributed by atoms with E-state index in [-0.39, 0.29) is 18.7 Å². The van der Waals surface area contributed by atoms with Crippen molar-refractivity contribution in [2.45, 2.75) is 19.0 Å². The van der Waals surface area contributed by atoms with E-state index < -0.39 is 30.1 Å². The van der Waals surface area contributed by atoms with Gasteiger partial charge in [0.1, 0.15) is 0 Å². The molecule has 1 saturated heterocycles. The van der Waals surface area contributed by atoms with Crippen LogP contribution < -0.4 is 0 Å². The van der Waals surface area contributed by atoms with Crippen molar-refractivity contribution < 1.29 is 26.7 Å². The van der Waals surface area contributed by atoms with Crippen LogP contribution in [0, 0.1) is 11.6 Å². The van der Waals surface area contributed by atoms with Crippen molar-refractivity contribution in [2.75, 3.05) is 32.7 Å². The zero-order chi connectivity index (χ0) is 17.0. The number of hydrogen-bond acceptors (Lipinski definition) is 2. The van der Waals surface area contributed by atoms with Gasteiger partial charge in [0.05, 0.1) is 6.42 Å². The lowest BCUT2D eigenvalue weighted by Crippen LogP contribution is -2.36. The lowest BCUT2D eigenvalue weighted by atomic mass is 10.2. The van der Waals surface area contributed by atoms with E-state index in [0.717, 1.165) is 12.1 Å². The number of benzene rings is 1. The van der Waals surface area contributed by atoms with Crippen LogP contribution in [-0.2, 0) is 0 Å². The number of amides is 1. The predicted molar refractivity (Wildman–Crippen MR) is 74.0 cm³/mol. The summed E-state index contributed by atoms with van der Waals surface area (Å²) >= 11 is 0. The number of alkyl halides is 3. The maximum absolute atomic E-state index is 13.2. The van der Waals surface area contributed by atoms with Gasteiger partial charge < -0.3 is 9.80 Å². The maximum Gasteiger partial charge on any atom is 0.390 e. The van der Waals surface area contributed by atoms with Gasteiger partial charge >= 0.3 is 6.18 Å². The first-order chi connectivity index (χ1) is 10.8. The molecule has 0 unspecified atom stereocenters. The van der Waals surface area contributed by atoms with E-state index in [1.54, 1.807) is 4.90 Å². The Morgan fingerprint density at radius 2 is 1.78 bits per heavy atom. The number of carbonyl (C=O) groups is 1. The van der Waals surface area contributed by atoms with Gasteiger partial charge in [-0.15, -0.1) is 0 Å². The van der Waals surface area contributed by atoms with E-state index in [9.17, 15) is 26.7 Å². The van der Waals surface area contributed by atoms with Gasteiger partial charge in [0, 0.05) is 31.7 Å². The summed E-state index contributed by atoms with van der Waals surface area (Å²) in [6.45, 7) is 1.33. The Hall–Kier alpha value is -1.70. The van der Waals surface area contributed by atoms with Gasteiger partial charge in [-0.1, -0.05) is 0 Å². The van der Waals surface area contributed by atoms with Crippen molar-refractivity contribution >= 4 is 5.91 Å². The first-order valence-corrected chi connectivity index (χ1v) is 7.30. The molecule has 3 nitrogen and oxygen atoms in total. The van der Waals surface area contributed by atoms with Crippen LogP contribution in [0.5, 0.6) is 0 Å². The quantitative estimate of drug-likeness (QED) is 0.792. The largest absolute Gasteiger partial charge is 0.390 e. The van der Waals surface area contributed by atoms with E-state index in [1.807, 2.05) is 0 Å². The van der Waals surface area contributed by atoms with Crippen LogP contribution in [0.4, 0.5) is 22.0 Å². The summed E-state index contributed by atoms with van der Waals surface area (Å²) < 4.78 is 62.9. The second kappa shape index (κ2) is 7.25. The molecule has 2 rings (SSSR count). The van der Waals surface area contributed by atoms with Crippen LogP contribution in [0.25, 0.3) is 0 Å². The Kier molecular flexibility index (Phi) is 5.56. The van der Waals surface area contributed by atoms with Gasteiger partial charge in [0.25, 0.3) is 5.91 Å². The molecule has 1 heterocycles. The minimum absolute atomic E-state index is 0.0349. The molecule has 1 aromatic rings. The molecule has 0 atom stereocenters. The van der Waals surface area contributed by atoms with Gasteiger partial charge in [0.2, 0.25) is 0 Å². The number of nitrogens with zero attached hydrogens (tertiary/aromatic N) is 2. The molecule has 1 amide bonds. The van der Waals surface area contributed by atoms with E-state index in [1.165, 1.54) is 11.0 Å². The van der Waals surface area contributed by atoms with Crippen molar-refractivity contribution in [3.8, 4) is 0 Å². The van der Waals surface area contributed by atoms with Crippen LogP contribution >= 0.6 is 0 Å². The fraction of sp³-hybridized carbons (Fsp3) is 0.533. The summed E-state index contributed by atoms with van der Waals surface area (Å²) in [5.74, 6) is -2.57. The molecule has 1 fully saturated rings. The SMILES string of the molecule is O=C(c1ccc(F)c(F)c1)N1CCCN(CCC(F)(F)F)CC1. The molecule has 0 spiro atoms. The van der Waals surface area contributed by atoms with Crippen LogP contribution in [0.1, 0.15) is 23.2 Å². The van der Waals surface area contributed by atoms with E-state index in [2.05, 4.69) is 0 Å².